The number of benzene rings is 1. The van der Waals surface area contributed by atoms with Crippen LogP contribution in [0.1, 0.15) is 53.1 Å². The lowest BCUT2D eigenvalue weighted by molar-refractivity contribution is 0.321. The molecule has 0 radical (unpaired) electrons. The monoisotopic (exact) mass is 247 g/mol. The Kier molecular flexibility index (Phi) is 5.61. The van der Waals surface area contributed by atoms with E-state index < -0.39 is 0 Å². The molecule has 1 nitrogen and oxygen atoms in total. The topological polar surface area (TPSA) is 3.24 Å². The fourth-order valence-corrected chi connectivity index (χ4v) is 2.37. The second-order valence-electron chi connectivity index (χ2n) is 5.16. The highest BCUT2D eigenvalue weighted by Crippen LogP contribution is 2.23. The fraction of sp³-hybridized carbons (Fsp3) is 0.529. The number of likely N-dealkylation sites (N-methyl/N-ethyl adjacent to an activating group) is 1. The van der Waals surface area contributed by atoms with Crippen molar-refractivity contribution in [2.24, 2.45) is 0 Å². The number of hydrogen-bond acceptors (Lipinski definition) is 1. The highest BCUT2D eigenvalue weighted by molar-refractivity contribution is 5.67. The first-order chi connectivity index (χ1) is 8.20. The smallest absolute Gasteiger partial charge is 0.0236 e. The molecule has 0 fully saturated rings. The lowest BCUT2D eigenvalue weighted by atomic mass is 9.97. The van der Waals surface area contributed by atoms with Gasteiger partial charge in [-0.2, -0.15) is 0 Å². The van der Waals surface area contributed by atoms with Gasteiger partial charge in [0, 0.05) is 14.5 Å². The first-order valence-electron chi connectivity index (χ1n) is 6.72. The van der Waals surface area contributed by atoms with Crippen LogP contribution < -0.4 is 0 Å². The molecule has 0 amide bonds. The summed E-state index contributed by atoms with van der Waals surface area (Å²) in [6.45, 7) is 10.2. The van der Waals surface area contributed by atoms with E-state index in [1.165, 1.54) is 29.7 Å². The molecule has 0 bridgehead atoms. The SMILES string of the molecule is C.CCN1CCC=C(c2ccc(C(C)C)cc2)C1.[HH]. The van der Waals surface area contributed by atoms with Crippen molar-refractivity contribution in [1.82, 2.24) is 4.90 Å². The fourth-order valence-electron chi connectivity index (χ4n) is 2.37. The third-order valence-corrected chi connectivity index (χ3v) is 3.63. The Balaban J connectivity index is 0.00000162. The van der Waals surface area contributed by atoms with E-state index in [9.17, 15) is 0 Å². The lowest BCUT2D eigenvalue weighted by Crippen LogP contribution is -2.29. The van der Waals surface area contributed by atoms with E-state index in [2.05, 4.69) is 56.0 Å². The van der Waals surface area contributed by atoms with Crippen molar-refractivity contribution >= 4 is 5.57 Å². The molecular formula is C17H29N. The average Bonchev–Trinajstić information content (AvgIpc) is 2.39. The summed E-state index contributed by atoms with van der Waals surface area (Å²) >= 11 is 0. The van der Waals surface area contributed by atoms with Crippen LogP contribution in [-0.4, -0.2) is 24.5 Å². The molecule has 1 aliphatic rings. The minimum Gasteiger partial charge on any atom is -0.299 e. The second kappa shape index (κ2) is 6.75. The molecule has 0 N–H and O–H groups in total. The van der Waals surface area contributed by atoms with Gasteiger partial charge >= 0.3 is 0 Å². The van der Waals surface area contributed by atoms with Gasteiger partial charge in [-0.3, -0.25) is 4.90 Å². The molecule has 0 atom stereocenters. The zero-order chi connectivity index (χ0) is 12.3. The van der Waals surface area contributed by atoms with Gasteiger partial charge in [-0.05, 0) is 35.6 Å². The average molecular weight is 247 g/mol. The van der Waals surface area contributed by atoms with Gasteiger partial charge in [0.05, 0.1) is 0 Å². The molecule has 0 aromatic heterocycles. The van der Waals surface area contributed by atoms with Gasteiger partial charge in [-0.15, -0.1) is 0 Å². The molecule has 1 heteroatoms. The molecule has 1 aliphatic heterocycles. The highest BCUT2D eigenvalue weighted by atomic mass is 15.1. The van der Waals surface area contributed by atoms with Crippen LogP contribution in [0.25, 0.3) is 5.57 Å². The van der Waals surface area contributed by atoms with Gasteiger partial charge in [0.1, 0.15) is 0 Å². The first-order valence-corrected chi connectivity index (χ1v) is 6.72. The Hall–Kier alpha value is -1.08. The van der Waals surface area contributed by atoms with Gasteiger partial charge in [0.2, 0.25) is 0 Å². The minimum absolute atomic E-state index is 0. The quantitative estimate of drug-likeness (QED) is 0.741. The minimum atomic E-state index is 0. The second-order valence-corrected chi connectivity index (χ2v) is 5.16. The van der Waals surface area contributed by atoms with Crippen LogP contribution in [0.3, 0.4) is 0 Å². The van der Waals surface area contributed by atoms with Crippen molar-refractivity contribution in [1.29, 1.82) is 0 Å². The largest absolute Gasteiger partial charge is 0.299 e. The standard InChI is InChI=1S/C16H23N.CH4.H2/c1-4-17-11-5-6-16(12-17)15-9-7-14(8-10-15)13(2)3;;/h6-10,13H,4-5,11-12H2,1-3H3;1H4;1H. The number of hydrogen-bond donors (Lipinski definition) is 0. The van der Waals surface area contributed by atoms with Gasteiger partial charge in [0.25, 0.3) is 0 Å². The summed E-state index contributed by atoms with van der Waals surface area (Å²) in [6, 6.07) is 9.10. The van der Waals surface area contributed by atoms with Crippen LogP contribution in [0.2, 0.25) is 0 Å². The molecule has 1 aromatic carbocycles. The maximum absolute atomic E-state index is 2.51. The van der Waals surface area contributed by atoms with Crippen LogP contribution in [0.15, 0.2) is 30.3 Å². The number of nitrogens with zero attached hydrogens (tertiary/aromatic N) is 1. The van der Waals surface area contributed by atoms with Crippen LogP contribution >= 0.6 is 0 Å². The van der Waals surface area contributed by atoms with E-state index >= 15 is 0 Å². The molecule has 0 spiro atoms. The Labute approximate surface area is 114 Å². The predicted molar refractivity (Wildman–Crippen MR) is 84.1 cm³/mol. The van der Waals surface area contributed by atoms with Crippen molar-refractivity contribution in [3.8, 4) is 0 Å². The van der Waals surface area contributed by atoms with E-state index in [0.29, 0.717) is 5.92 Å². The van der Waals surface area contributed by atoms with Gasteiger partial charge in [-0.25, -0.2) is 0 Å². The molecular weight excluding hydrogens is 218 g/mol. The van der Waals surface area contributed by atoms with E-state index in [1.54, 1.807) is 0 Å². The summed E-state index contributed by atoms with van der Waals surface area (Å²) in [5, 5.41) is 0. The van der Waals surface area contributed by atoms with Crippen LogP contribution in [0, 0.1) is 0 Å². The summed E-state index contributed by atoms with van der Waals surface area (Å²) in [4.78, 5) is 2.51. The van der Waals surface area contributed by atoms with Gasteiger partial charge in [0.15, 0.2) is 0 Å². The van der Waals surface area contributed by atoms with E-state index in [-0.39, 0.29) is 8.85 Å². The highest BCUT2D eigenvalue weighted by Gasteiger charge is 2.12. The molecule has 1 heterocycles. The van der Waals surface area contributed by atoms with E-state index in [1.807, 2.05) is 0 Å². The predicted octanol–water partition coefficient (Wildman–Crippen LogP) is 4.80. The lowest BCUT2D eigenvalue weighted by Gasteiger charge is -2.26. The van der Waals surface area contributed by atoms with Crippen molar-refractivity contribution in [3.05, 3.63) is 41.5 Å². The Morgan fingerprint density at radius 3 is 2.44 bits per heavy atom. The molecule has 0 saturated heterocycles. The normalized spacial score (nSPS) is 16.3. The third kappa shape index (κ3) is 3.46. The summed E-state index contributed by atoms with van der Waals surface area (Å²) in [6.07, 6.45) is 3.59. The molecule has 102 valence electrons. The number of rotatable bonds is 3. The summed E-state index contributed by atoms with van der Waals surface area (Å²) in [5.74, 6) is 0.622. The molecule has 1 aromatic rings. The Morgan fingerprint density at radius 1 is 1.22 bits per heavy atom. The maximum atomic E-state index is 2.51. The zero-order valence-electron chi connectivity index (χ0n) is 11.2. The van der Waals surface area contributed by atoms with Gasteiger partial charge in [-0.1, -0.05) is 58.5 Å². The molecule has 0 unspecified atom stereocenters. The Bertz CT molecular complexity index is 392. The van der Waals surface area contributed by atoms with Crippen LogP contribution in [-0.2, 0) is 0 Å². The summed E-state index contributed by atoms with van der Waals surface area (Å²) in [7, 11) is 0. The first kappa shape index (κ1) is 15.0. The van der Waals surface area contributed by atoms with Crippen molar-refractivity contribution in [3.63, 3.8) is 0 Å². The van der Waals surface area contributed by atoms with Crippen molar-refractivity contribution in [2.75, 3.05) is 19.6 Å². The van der Waals surface area contributed by atoms with Crippen molar-refractivity contribution in [2.45, 2.75) is 40.5 Å². The van der Waals surface area contributed by atoms with Gasteiger partial charge < -0.3 is 0 Å². The molecule has 0 saturated carbocycles. The van der Waals surface area contributed by atoms with E-state index in [4.69, 9.17) is 0 Å². The van der Waals surface area contributed by atoms with Crippen LogP contribution in [0.5, 0.6) is 0 Å². The third-order valence-electron chi connectivity index (χ3n) is 3.63. The zero-order valence-corrected chi connectivity index (χ0v) is 11.2. The Morgan fingerprint density at radius 2 is 1.89 bits per heavy atom. The molecule has 2 rings (SSSR count). The van der Waals surface area contributed by atoms with Crippen LogP contribution in [0.4, 0.5) is 0 Å². The summed E-state index contributed by atoms with van der Waals surface area (Å²) < 4.78 is 0. The molecule has 18 heavy (non-hydrogen) atoms. The maximum Gasteiger partial charge on any atom is 0.0236 e. The summed E-state index contributed by atoms with van der Waals surface area (Å²) in [5.41, 5.74) is 4.32. The van der Waals surface area contributed by atoms with Crippen molar-refractivity contribution < 1.29 is 1.43 Å². The van der Waals surface area contributed by atoms with E-state index in [0.717, 1.165) is 13.1 Å². The molecule has 0 aliphatic carbocycles.